The van der Waals surface area contributed by atoms with Gasteiger partial charge in [0, 0.05) is 30.2 Å². The highest BCUT2D eigenvalue weighted by atomic mass is 35.5. The van der Waals surface area contributed by atoms with Crippen LogP contribution in [0.2, 0.25) is 10.0 Å². The number of rotatable bonds is 1. The molecular weight excluding hydrogens is 335 g/mol. The predicted molar refractivity (Wildman–Crippen MR) is 91.6 cm³/mol. The van der Waals surface area contributed by atoms with Crippen molar-refractivity contribution >= 4 is 45.0 Å². The molecule has 0 aliphatic rings. The van der Waals surface area contributed by atoms with Crippen molar-refractivity contribution in [2.75, 3.05) is 0 Å². The standard InChI is InChI=1S/C16H10Cl2N4O/c1-21-8-11-10-5-12(17)13(18)6-14(10)22(16(23)15(11)20-21)9-3-2-4-19-7-9/h2-8H,1H3. The van der Waals surface area contributed by atoms with Crippen LogP contribution < -0.4 is 5.56 Å². The van der Waals surface area contributed by atoms with Gasteiger partial charge in [0.1, 0.15) is 0 Å². The van der Waals surface area contributed by atoms with Crippen molar-refractivity contribution in [2.45, 2.75) is 0 Å². The first-order valence-corrected chi connectivity index (χ1v) is 7.59. The van der Waals surface area contributed by atoms with Gasteiger partial charge >= 0.3 is 0 Å². The summed E-state index contributed by atoms with van der Waals surface area (Å²) in [6.07, 6.45) is 5.08. The monoisotopic (exact) mass is 344 g/mol. The lowest BCUT2D eigenvalue weighted by molar-refractivity contribution is 0.777. The molecule has 7 heteroatoms. The molecule has 0 aliphatic heterocycles. The summed E-state index contributed by atoms with van der Waals surface area (Å²) in [5, 5.41) is 6.66. The lowest BCUT2D eigenvalue weighted by Crippen LogP contribution is -2.19. The van der Waals surface area contributed by atoms with E-state index in [0.29, 0.717) is 26.8 Å². The maximum Gasteiger partial charge on any atom is 0.284 e. The minimum absolute atomic E-state index is 0.223. The molecule has 3 aromatic heterocycles. The zero-order chi connectivity index (χ0) is 16.1. The average Bonchev–Trinajstić information content (AvgIpc) is 2.93. The molecule has 0 amide bonds. The van der Waals surface area contributed by atoms with Crippen LogP contribution in [0.4, 0.5) is 0 Å². The molecule has 5 nitrogen and oxygen atoms in total. The molecule has 0 saturated heterocycles. The number of hydrogen-bond donors (Lipinski definition) is 0. The quantitative estimate of drug-likeness (QED) is 0.530. The Morgan fingerprint density at radius 2 is 1.91 bits per heavy atom. The first kappa shape index (κ1) is 14.2. The van der Waals surface area contributed by atoms with E-state index in [1.807, 2.05) is 6.07 Å². The molecular formula is C16H10Cl2N4O. The summed E-state index contributed by atoms with van der Waals surface area (Å²) in [5.41, 5.74) is 1.47. The normalized spacial score (nSPS) is 11.4. The lowest BCUT2D eigenvalue weighted by Gasteiger charge is -2.11. The minimum Gasteiger partial charge on any atom is -0.274 e. The van der Waals surface area contributed by atoms with Gasteiger partial charge in [-0.05, 0) is 24.3 Å². The van der Waals surface area contributed by atoms with Gasteiger partial charge in [0.25, 0.3) is 5.56 Å². The topological polar surface area (TPSA) is 52.7 Å². The zero-order valence-electron chi connectivity index (χ0n) is 12.0. The molecule has 3 heterocycles. The Kier molecular flexibility index (Phi) is 3.14. The summed E-state index contributed by atoms with van der Waals surface area (Å²) in [6.45, 7) is 0. The van der Waals surface area contributed by atoms with Gasteiger partial charge in [0.2, 0.25) is 0 Å². The third-order valence-corrected chi connectivity index (χ3v) is 4.43. The van der Waals surface area contributed by atoms with Crippen molar-refractivity contribution in [3.05, 3.63) is 63.3 Å². The van der Waals surface area contributed by atoms with Gasteiger partial charge in [-0.2, -0.15) is 5.10 Å². The summed E-state index contributed by atoms with van der Waals surface area (Å²) in [7, 11) is 1.78. The van der Waals surface area contributed by atoms with Gasteiger partial charge in [-0.25, -0.2) is 0 Å². The second kappa shape index (κ2) is 5.08. The van der Waals surface area contributed by atoms with Crippen LogP contribution in [0.3, 0.4) is 0 Å². The van der Waals surface area contributed by atoms with E-state index < -0.39 is 0 Å². The molecule has 0 radical (unpaired) electrons. The first-order chi connectivity index (χ1) is 11.1. The van der Waals surface area contributed by atoms with Gasteiger partial charge in [-0.1, -0.05) is 23.2 Å². The molecule has 4 rings (SSSR count). The van der Waals surface area contributed by atoms with E-state index in [9.17, 15) is 4.79 Å². The highest BCUT2D eigenvalue weighted by Gasteiger charge is 2.16. The van der Waals surface area contributed by atoms with Gasteiger partial charge in [-0.3, -0.25) is 19.0 Å². The fourth-order valence-electron chi connectivity index (χ4n) is 2.74. The number of pyridine rings is 2. The van der Waals surface area contributed by atoms with E-state index in [4.69, 9.17) is 23.2 Å². The van der Waals surface area contributed by atoms with E-state index in [1.165, 1.54) is 0 Å². The number of aryl methyl sites for hydroxylation is 1. The van der Waals surface area contributed by atoms with Crippen LogP contribution in [-0.2, 0) is 7.05 Å². The van der Waals surface area contributed by atoms with Gasteiger partial charge < -0.3 is 0 Å². The predicted octanol–water partition coefficient (Wildman–Crippen LogP) is 3.58. The van der Waals surface area contributed by atoms with Gasteiger partial charge in [0.05, 0.1) is 27.4 Å². The van der Waals surface area contributed by atoms with Crippen molar-refractivity contribution in [3.63, 3.8) is 0 Å². The Balaban J connectivity index is 2.30. The maximum absolute atomic E-state index is 12.9. The largest absolute Gasteiger partial charge is 0.284 e. The highest BCUT2D eigenvalue weighted by molar-refractivity contribution is 6.43. The Morgan fingerprint density at radius 3 is 2.65 bits per heavy atom. The van der Waals surface area contributed by atoms with Crippen molar-refractivity contribution in [1.82, 2.24) is 19.3 Å². The molecule has 0 bridgehead atoms. The molecule has 1 aromatic carbocycles. The SMILES string of the molecule is Cn1cc2c(n1)c(=O)n(-c1cccnc1)c1cc(Cl)c(Cl)cc21. The van der Waals surface area contributed by atoms with E-state index in [1.54, 1.807) is 53.1 Å². The number of hydrogen-bond acceptors (Lipinski definition) is 3. The molecule has 0 unspecified atom stereocenters. The Bertz CT molecular complexity index is 1120. The van der Waals surface area contributed by atoms with Crippen molar-refractivity contribution in [1.29, 1.82) is 0 Å². The second-order valence-electron chi connectivity index (χ2n) is 5.20. The zero-order valence-corrected chi connectivity index (χ0v) is 13.5. The van der Waals surface area contributed by atoms with Crippen LogP contribution in [0.1, 0.15) is 0 Å². The molecule has 0 spiro atoms. The maximum atomic E-state index is 12.9. The van der Waals surface area contributed by atoms with Gasteiger partial charge in [0.15, 0.2) is 5.52 Å². The molecule has 0 saturated carbocycles. The Morgan fingerprint density at radius 1 is 1.13 bits per heavy atom. The Labute approximate surface area is 140 Å². The molecule has 4 aromatic rings. The van der Waals surface area contributed by atoms with E-state index in [-0.39, 0.29) is 5.56 Å². The fourth-order valence-corrected chi connectivity index (χ4v) is 3.06. The van der Waals surface area contributed by atoms with Crippen LogP contribution in [0.15, 0.2) is 47.7 Å². The Hall–Kier alpha value is -2.37. The summed E-state index contributed by atoms with van der Waals surface area (Å²) in [4.78, 5) is 17.0. The van der Waals surface area contributed by atoms with E-state index in [2.05, 4.69) is 10.1 Å². The molecule has 0 N–H and O–H groups in total. The molecule has 0 fully saturated rings. The fraction of sp³-hybridized carbons (Fsp3) is 0.0625. The van der Waals surface area contributed by atoms with Crippen LogP contribution in [0.25, 0.3) is 27.5 Å². The van der Waals surface area contributed by atoms with Crippen molar-refractivity contribution in [3.8, 4) is 5.69 Å². The average molecular weight is 345 g/mol. The van der Waals surface area contributed by atoms with Gasteiger partial charge in [-0.15, -0.1) is 0 Å². The minimum atomic E-state index is -0.223. The van der Waals surface area contributed by atoms with Crippen LogP contribution in [0, 0.1) is 0 Å². The first-order valence-electron chi connectivity index (χ1n) is 6.84. The smallest absolute Gasteiger partial charge is 0.274 e. The number of benzene rings is 1. The van der Waals surface area contributed by atoms with Crippen molar-refractivity contribution in [2.24, 2.45) is 7.05 Å². The van der Waals surface area contributed by atoms with Crippen LogP contribution >= 0.6 is 23.2 Å². The molecule has 114 valence electrons. The summed E-state index contributed by atoms with van der Waals surface area (Å²) in [5.74, 6) is 0. The third-order valence-electron chi connectivity index (χ3n) is 3.71. The summed E-state index contributed by atoms with van der Waals surface area (Å²) < 4.78 is 3.17. The lowest BCUT2D eigenvalue weighted by atomic mass is 10.1. The van der Waals surface area contributed by atoms with E-state index >= 15 is 0 Å². The summed E-state index contributed by atoms with van der Waals surface area (Å²) in [6, 6.07) is 7.04. The summed E-state index contributed by atoms with van der Waals surface area (Å²) >= 11 is 12.3. The van der Waals surface area contributed by atoms with Crippen LogP contribution in [-0.4, -0.2) is 19.3 Å². The number of nitrogens with zero attached hydrogens (tertiary/aromatic N) is 4. The highest BCUT2D eigenvalue weighted by Crippen LogP contribution is 2.31. The third kappa shape index (κ3) is 2.12. The molecule has 0 aliphatic carbocycles. The number of aromatic nitrogens is 4. The molecule has 0 atom stereocenters. The van der Waals surface area contributed by atoms with E-state index in [0.717, 1.165) is 10.8 Å². The number of halogens is 2. The molecule has 23 heavy (non-hydrogen) atoms. The van der Waals surface area contributed by atoms with Crippen LogP contribution in [0.5, 0.6) is 0 Å². The number of fused-ring (bicyclic) bond motifs is 3. The second-order valence-corrected chi connectivity index (χ2v) is 6.01. The van der Waals surface area contributed by atoms with Crippen molar-refractivity contribution < 1.29 is 0 Å².